The van der Waals surface area contributed by atoms with Crippen molar-refractivity contribution in [2.24, 2.45) is 0 Å². The van der Waals surface area contributed by atoms with Crippen molar-refractivity contribution in [3.8, 4) is 0 Å². The molecule has 1 rings (SSSR count). The van der Waals surface area contributed by atoms with Gasteiger partial charge >= 0.3 is 5.97 Å². The molecule has 0 spiro atoms. The topological polar surface area (TPSA) is 57.6 Å². The number of unbranched alkanes of at least 4 members (excludes halogenated alkanes) is 1. The molecular formula is C15H27NO3. The normalized spacial score (nSPS) is 17.5. The van der Waals surface area contributed by atoms with E-state index in [0.717, 1.165) is 12.8 Å². The van der Waals surface area contributed by atoms with Crippen LogP contribution in [0.15, 0.2) is 0 Å². The molecule has 4 heteroatoms. The van der Waals surface area contributed by atoms with Gasteiger partial charge in [-0.3, -0.25) is 9.59 Å². The van der Waals surface area contributed by atoms with Gasteiger partial charge in [0.1, 0.15) is 0 Å². The number of carbonyl (C=O) groups excluding carboxylic acids is 1. The van der Waals surface area contributed by atoms with Crippen LogP contribution in [0.4, 0.5) is 0 Å². The Morgan fingerprint density at radius 3 is 2.11 bits per heavy atom. The van der Waals surface area contributed by atoms with Crippen molar-refractivity contribution in [1.82, 2.24) is 4.90 Å². The minimum Gasteiger partial charge on any atom is -0.481 e. The van der Waals surface area contributed by atoms with E-state index in [2.05, 4.69) is 0 Å². The minimum absolute atomic E-state index is 0.167. The fourth-order valence-corrected chi connectivity index (χ4v) is 2.75. The third kappa shape index (κ3) is 6.60. The number of carboxylic acids is 1. The summed E-state index contributed by atoms with van der Waals surface area (Å²) in [6, 6.07) is 0.396. The maximum atomic E-state index is 12.1. The second-order valence-electron chi connectivity index (χ2n) is 5.60. The van der Waals surface area contributed by atoms with Gasteiger partial charge in [-0.25, -0.2) is 0 Å². The van der Waals surface area contributed by atoms with Crippen LogP contribution in [0.5, 0.6) is 0 Å². The standard InChI is InChI=1S/C15H27NO3/c1-16(13-9-5-3-2-4-6-10-13)14(17)11-7-8-12-15(18)19/h13H,2-12H2,1H3,(H,18,19). The number of aliphatic carboxylic acids is 1. The molecule has 0 aromatic carbocycles. The van der Waals surface area contributed by atoms with Crippen LogP contribution in [-0.2, 0) is 9.59 Å². The lowest BCUT2D eigenvalue weighted by molar-refractivity contribution is -0.137. The van der Waals surface area contributed by atoms with E-state index in [1.807, 2.05) is 11.9 Å². The molecule has 0 radical (unpaired) electrons. The quantitative estimate of drug-likeness (QED) is 0.753. The van der Waals surface area contributed by atoms with E-state index in [4.69, 9.17) is 5.11 Å². The molecule has 1 aliphatic carbocycles. The summed E-state index contributed by atoms with van der Waals surface area (Å²) in [5.41, 5.74) is 0. The number of carboxylic acid groups (broad SMARTS) is 1. The van der Waals surface area contributed by atoms with E-state index in [1.54, 1.807) is 0 Å². The number of hydrogen-bond donors (Lipinski definition) is 1. The Hall–Kier alpha value is -1.06. The Bertz CT molecular complexity index is 283. The highest BCUT2D eigenvalue weighted by Gasteiger charge is 2.20. The number of rotatable bonds is 6. The molecule has 0 atom stereocenters. The van der Waals surface area contributed by atoms with Crippen molar-refractivity contribution in [3.05, 3.63) is 0 Å². The van der Waals surface area contributed by atoms with Crippen molar-refractivity contribution in [2.75, 3.05) is 7.05 Å². The molecule has 0 heterocycles. The maximum absolute atomic E-state index is 12.1. The van der Waals surface area contributed by atoms with Crippen LogP contribution in [0.25, 0.3) is 0 Å². The lowest BCUT2D eigenvalue weighted by Crippen LogP contribution is -2.37. The molecule has 1 saturated carbocycles. The number of hydrogen-bond acceptors (Lipinski definition) is 2. The number of amides is 1. The zero-order valence-electron chi connectivity index (χ0n) is 12.1. The minimum atomic E-state index is -0.777. The monoisotopic (exact) mass is 269 g/mol. The Morgan fingerprint density at radius 2 is 1.53 bits per heavy atom. The van der Waals surface area contributed by atoms with Crippen molar-refractivity contribution >= 4 is 11.9 Å². The molecule has 0 unspecified atom stereocenters. The van der Waals surface area contributed by atoms with E-state index >= 15 is 0 Å². The lowest BCUT2D eigenvalue weighted by Gasteiger charge is -2.30. The van der Waals surface area contributed by atoms with Gasteiger partial charge in [-0.2, -0.15) is 0 Å². The third-order valence-corrected chi connectivity index (χ3v) is 4.05. The Kier molecular flexibility index (Phi) is 7.53. The summed E-state index contributed by atoms with van der Waals surface area (Å²) < 4.78 is 0. The number of nitrogens with zero attached hydrogens (tertiary/aromatic N) is 1. The fraction of sp³-hybridized carbons (Fsp3) is 0.867. The first-order valence-electron chi connectivity index (χ1n) is 7.58. The van der Waals surface area contributed by atoms with Gasteiger partial charge in [-0.05, 0) is 25.7 Å². The van der Waals surface area contributed by atoms with E-state index in [-0.39, 0.29) is 12.3 Å². The van der Waals surface area contributed by atoms with Crippen molar-refractivity contribution in [3.63, 3.8) is 0 Å². The zero-order chi connectivity index (χ0) is 14.1. The molecule has 1 N–H and O–H groups in total. The summed E-state index contributed by atoms with van der Waals surface area (Å²) in [5.74, 6) is -0.600. The molecule has 0 bridgehead atoms. The van der Waals surface area contributed by atoms with Crippen molar-refractivity contribution in [1.29, 1.82) is 0 Å². The van der Waals surface area contributed by atoms with Crippen molar-refractivity contribution in [2.45, 2.75) is 76.7 Å². The summed E-state index contributed by atoms with van der Waals surface area (Å²) in [5, 5.41) is 8.55. The molecule has 0 aromatic heterocycles. The second kappa shape index (κ2) is 8.94. The van der Waals surface area contributed by atoms with Crippen LogP contribution in [0.1, 0.15) is 70.6 Å². The molecule has 0 aliphatic heterocycles. The van der Waals surface area contributed by atoms with Crippen LogP contribution in [0.2, 0.25) is 0 Å². The predicted octanol–water partition coefficient (Wildman–Crippen LogP) is 3.20. The van der Waals surface area contributed by atoms with Gasteiger partial charge in [0.15, 0.2) is 0 Å². The average Bonchev–Trinajstić information content (AvgIpc) is 2.33. The fourth-order valence-electron chi connectivity index (χ4n) is 2.75. The molecule has 110 valence electrons. The first-order chi connectivity index (χ1) is 9.11. The van der Waals surface area contributed by atoms with Gasteiger partial charge in [0.25, 0.3) is 0 Å². The first kappa shape index (κ1) is 16.0. The summed E-state index contributed by atoms with van der Waals surface area (Å²) in [6.45, 7) is 0. The van der Waals surface area contributed by atoms with Gasteiger partial charge < -0.3 is 10.0 Å². The van der Waals surface area contributed by atoms with Gasteiger partial charge in [0.05, 0.1) is 0 Å². The lowest BCUT2D eigenvalue weighted by atomic mass is 9.95. The molecular weight excluding hydrogens is 242 g/mol. The summed E-state index contributed by atoms with van der Waals surface area (Å²) in [4.78, 5) is 24.4. The van der Waals surface area contributed by atoms with Crippen molar-refractivity contribution < 1.29 is 14.7 Å². The first-order valence-corrected chi connectivity index (χ1v) is 7.58. The van der Waals surface area contributed by atoms with E-state index < -0.39 is 5.97 Å². The zero-order valence-corrected chi connectivity index (χ0v) is 12.1. The molecule has 0 aromatic rings. The molecule has 1 aliphatic rings. The highest BCUT2D eigenvalue weighted by Crippen LogP contribution is 2.21. The van der Waals surface area contributed by atoms with E-state index in [1.165, 1.54) is 32.1 Å². The van der Waals surface area contributed by atoms with Crippen LogP contribution >= 0.6 is 0 Å². The third-order valence-electron chi connectivity index (χ3n) is 4.05. The Morgan fingerprint density at radius 1 is 1.00 bits per heavy atom. The molecule has 19 heavy (non-hydrogen) atoms. The highest BCUT2D eigenvalue weighted by molar-refractivity contribution is 5.76. The number of carbonyl (C=O) groups is 2. The smallest absolute Gasteiger partial charge is 0.303 e. The molecule has 1 fully saturated rings. The Balaban J connectivity index is 2.27. The summed E-state index contributed by atoms with van der Waals surface area (Å²) in [7, 11) is 1.91. The largest absolute Gasteiger partial charge is 0.481 e. The van der Waals surface area contributed by atoms with Crippen LogP contribution in [0.3, 0.4) is 0 Å². The van der Waals surface area contributed by atoms with Gasteiger partial charge in [0, 0.05) is 25.9 Å². The van der Waals surface area contributed by atoms with Crippen LogP contribution in [-0.4, -0.2) is 35.0 Å². The highest BCUT2D eigenvalue weighted by atomic mass is 16.4. The second-order valence-corrected chi connectivity index (χ2v) is 5.60. The average molecular weight is 269 g/mol. The van der Waals surface area contributed by atoms with Crippen LogP contribution in [0, 0.1) is 0 Å². The van der Waals surface area contributed by atoms with E-state index in [0.29, 0.717) is 25.3 Å². The van der Waals surface area contributed by atoms with Gasteiger partial charge in [-0.1, -0.05) is 32.1 Å². The van der Waals surface area contributed by atoms with Gasteiger partial charge in [0.2, 0.25) is 5.91 Å². The summed E-state index contributed by atoms with van der Waals surface area (Å²) in [6.07, 6.45) is 10.5. The Labute approximate surface area is 116 Å². The maximum Gasteiger partial charge on any atom is 0.303 e. The summed E-state index contributed by atoms with van der Waals surface area (Å²) >= 11 is 0. The van der Waals surface area contributed by atoms with Gasteiger partial charge in [-0.15, -0.1) is 0 Å². The molecule has 0 saturated heterocycles. The predicted molar refractivity (Wildman–Crippen MR) is 75.0 cm³/mol. The molecule has 4 nitrogen and oxygen atoms in total. The van der Waals surface area contributed by atoms with Crippen LogP contribution < -0.4 is 0 Å². The SMILES string of the molecule is CN(C(=O)CCCCC(=O)O)C1CCCCCCC1. The van der Waals surface area contributed by atoms with E-state index in [9.17, 15) is 9.59 Å². The molecule has 1 amide bonds.